The second-order valence-corrected chi connectivity index (χ2v) is 9.04. The highest BCUT2D eigenvalue weighted by Gasteiger charge is 2.53. The van der Waals surface area contributed by atoms with E-state index in [1.54, 1.807) is 12.4 Å². The van der Waals surface area contributed by atoms with Crippen LogP contribution in [0.4, 0.5) is 11.8 Å². The van der Waals surface area contributed by atoms with Crippen LogP contribution in [0.2, 0.25) is 0 Å². The summed E-state index contributed by atoms with van der Waals surface area (Å²) < 4.78 is 6.48. The Hall–Kier alpha value is -4.21. The molecule has 16 heteroatoms. The lowest BCUT2D eigenvalue weighted by Gasteiger charge is -2.50. The monoisotopic (exact) mass is 531 g/mol. The number of rotatable bonds is 10. The molecule has 4 heterocycles. The Kier molecular flexibility index (Phi) is 7.56. The van der Waals surface area contributed by atoms with Crippen LogP contribution in [-0.4, -0.2) is 80.9 Å². The molecule has 0 bridgehead atoms. The molecule has 0 radical (unpaired) electrons. The molecule has 1 saturated heterocycles. The van der Waals surface area contributed by atoms with E-state index in [2.05, 4.69) is 39.9 Å². The molecule has 2 amide bonds. The summed E-state index contributed by atoms with van der Waals surface area (Å²) in [6.07, 6.45) is 5.19. The van der Waals surface area contributed by atoms with E-state index >= 15 is 0 Å². The van der Waals surface area contributed by atoms with E-state index in [0.717, 1.165) is 23.8 Å². The van der Waals surface area contributed by atoms with Crippen molar-refractivity contribution in [1.82, 2.24) is 25.3 Å². The molecule has 196 valence electrons. The topological polar surface area (TPSA) is 196 Å². The summed E-state index contributed by atoms with van der Waals surface area (Å²) in [5, 5.41) is 21.1. The molecule has 0 saturated carbocycles. The number of fused-ring (bicyclic) bond motifs is 1. The number of carboxylic acids is 1. The first-order chi connectivity index (χ1) is 17.8. The Morgan fingerprint density at radius 1 is 1.43 bits per heavy atom. The molecule has 2 aliphatic heterocycles. The highest BCUT2D eigenvalue weighted by atomic mass is 32.2. The van der Waals surface area contributed by atoms with Crippen LogP contribution in [0.25, 0.3) is 0 Å². The molecule has 15 nitrogen and oxygen atoms in total. The Morgan fingerprint density at radius 2 is 2.19 bits per heavy atom. The lowest BCUT2D eigenvalue weighted by atomic mass is 10.0. The zero-order valence-corrected chi connectivity index (χ0v) is 21.1. The van der Waals surface area contributed by atoms with E-state index in [0.29, 0.717) is 11.3 Å². The van der Waals surface area contributed by atoms with Gasteiger partial charge in [0.05, 0.1) is 17.9 Å². The molecular weight excluding hydrogens is 506 g/mol. The number of nitrogens with two attached hydrogens (primary N) is 1. The van der Waals surface area contributed by atoms with Crippen molar-refractivity contribution in [3.8, 4) is 0 Å². The summed E-state index contributed by atoms with van der Waals surface area (Å²) in [6, 6.07) is -1.30. The van der Waals surface area contributed by atoms with E-state index < -0.39 is 29.2 Å². The number of carbonyl (C=O) groups excluding carboxylic acids is 3. The number of carboxylic acid groups (broad SMARTS) is 1. The fourth-order valence-corrected chi connectivity index (χ4v) is 5.39. The summed E-state index contributed by atoms with van der Waals surface area (Å²) >= 11 is 1.32. The first kappa shape index (κ1) is 25.9. The van der Waals surface area contributed by atoms with Crippen LogP contribution in [0.15, 0.2) is 39.5 Å². The van der Waals surface area contributed by atoms with Gasteiger partial charge in [-0.2, -0.15) is 9.55 Å². The van der Waals surface area contributed by atoms with Crippen LogP contribution in [0, 0.1) is 0 Å². The quantitative estimate of drug-likeness (QED) is 0.143. The molecule has 1 unspecified atom stereocenters. The summed E-state index contributed by atoms with van der Waals surface area (Å²) in [4.78, 5) is 53.9. The number of thioether (sulfide) groups is 1. The van der Waals surface area contributed by atoms with Crippen LogP contribution in [0.3, 0.4) is 0 Å². The Morgan fingerprint density at radius 3 is 2.81 bits per heavy atom. The van der Waals surface area contributed by atoms with E-state index in [9.17, 15) is 19.5 Å². The molecule has 37 heavy (non-hydrogen) atoms. The van der Waals surface area contributed by atoms with Gasteiger partial charge < -0.3 is 35.2 Å². The fourth-order valence-electron chi connectivity index (χ4n) is 4.06. The number of amides is 2. The SMILES string of the molecule is CCN(CC)c1c[n+](CC2=C(C(=O)[O-])N3C(=O)C(NC(=O)/C(=N\OC)c4noc(N)n4)[C@H]3SC2)ccn1. The third kappa shape index (κ3) is 5.04. The number of β-lactam (4-membered cyclic amide) rings is 1. The molecule has 2 aromatic rings. The molecule has 0 aliphatic carbocycles. The predicted molar refractivity (Wildman–Crippen MR) is 127 cm³/mol. The third-order valence-corrected chi connectivity index (χ3v) is 7.13. The van der Waals surface area contributed by atoms with Gasteiger partial charge in [0.15, 0.2) is 18.6 Å². The second kappa shape index (κ2) is 10.8. The van der Waals surface area contributed by atoms with Gasteiger partial charge in [-0.1, -0.05) is 10.3 Å². The number of aliphatic carboxylic acids is 1. The third-order valence-electron chi connectivity index (χ3n) is 5.79. The summed E-state index contributed by atoms with van der Waals surface area (Å²) in [5.41, 5.74) is 5.35. The van der Waals surface area contributed by atoms with Gasteiger partial charge in [0.25, 0.3) is 11.8 Å². The standard InChI is InChI=1S/C21H25N9O6S/c1-4-29(5-2)12-9-28(7-6-23-12)8-11-10-37-19-14(18(32)30(19)15(11)20(33)34)24-17(31)13(26-35-3)16-25-21(22)36-27-16/h6-7,9,14,19H,4-5,8,10H2,1-3H3,(H3-,22,24,25,27,31,33,34)/b26-13-/t14?,19-/m1/s1. The molecule has 0 aromatic carbocycles. The number of anilines is 2. The van der Waals surface area contributed by atoms with Crippen molar-refractivity contribution >= 4 is 47.1 Å². The number of aromatic nitrogens is 4. The maximum atomic E-state index is 13.0. The highest BCUT2D eigenvalue weighted by Crippen LogP contribution is 2.40. The zero-order valence-electron chi connectivity index (χ0n) is 20.3. The molecule has 2 aromatic heterocycles. The number of nitrogens with one attached hydrogen (secondary N) is 1. The van der Waals surface area contributed by atoms with E-state index in [1.165, 1.54) is 18.9 Å². The predicted octanol–water partition coefficient (Wildman–Crippen LogP) is -2.36. The van der Waals surface area contributed by atoms with Crippen LogP contribution >= 0.6 is 11.8 Å². The Labute approximate surface area is 215 Å². The van der Waals surface area contributed by atoms with Crippen molar-refractivity contribution in [2.24, 2.45) is 5.16 Å². The number of hydrogen-bond acceptors (Lipinski definition) is 13. The summed E-state index contributed by atoms with van der Waals surface area (Å²) in [5.74, 6) is -2.06. The molecule has 0 spiro atoms. The number of hydrogen-bond donors (Lipinski definition) is 2. The van der Waals surface area contributed by atoms with Gasteiger partial charge in [-0.15, -0.1) is 11.8 Å². The maximum Gasteiger partial charge on any atom is 0.319 e. The van der Waals surface area contributed by atoms with Crippen molar-refractivity contribution in [3.63, 3.8) is 0 Å². The van der Waals surface area contributed by atoms with Gasteiger partial charge in [0.1, 0.15) is 18.5 Å². The van der Waals surface area contributed by atoms with Gasteiger partial charge in [0, 0.05) is 24.4 Å². The number of nitrogens with zero attached hydrogens (tertiary/aromatic N) is 7. The minimum atomic E-state index is -1.47. The van der Waals surface area contributed by atoms with Gasteiger partial charge in [-0.25, -0.2) is 4.98 Å². The molecule has 2 atom stereocenters. The molecule has 2 aliphatic rings. The minimum Gasteiger partial charge on any atom is -0.543 e. The van der Waals surface area contributed by atoms with Gasteiger partial charge >= 0.3 is 6.01 Å². The average molecular weight is 532 g/mol. The van der Waals surface area contributed by atoms with Crippen LogP contribution in [-0.2, 0) is 25.8 Å². The lowest BCUT2D eigenvalue weighted by molar-refractivity contribution is -0.688. The normalized spacial score (nSPS) is 19.3. The largest absolute Gasteiger partial charge is 0.543 e. The first-order valence-electron chi connectivity index (χ1n) is 11.3. The van der Waals surface area contributed by atoms with Gasteiger partial charge in [-0.3, -0.25) is 14.5 Å². The van der Waals surface area contributed by atoms with Crippen molar-refractivity contribution in [2.75, 3.05) is 36.6 Å². The van der Waals surface area contributed by atoms with Gasteiger partial charge in [0.2, 0.25) is 17.7 Å². The van der Waals surface area contributed by atoms with Gasteiger partial charge in [-0.05, 0) is 13.8 Å². The first-order valence-corrected chi connectivity index (χ1v) is 12.3. The second-order valence-electron chi connectivity index (χ2n) is 7.94. The summed E-state index contributed by atoms with van der Waals surface area (Å²) in [7, 11) is 1.22. The zero-order chi connectivity index (χ0) is 26.7. The van der Waals surface area contributed by atoms with Crippen molar-refractivity contribution in [3.05, 3.63) is 35.7 Å². The molecule has 3 N–H and O–H groups in total. The highest BCUT2D eigenvalue weighted by molar-refractivity contribution is 8.00. The van der Waals surface area contributed by atoms with E-state index in [1.807, 2.05) is 24.6 Å². The van der Waals surface area contributed by atoms with E-state index in [4.69, 9.17) is 5.73 Å². The van der Waals surface area contributed by atoms with Crippen molar-refractivity contribution < 1.29 is 33.4 Å². The van der Waals surface area contributed by atoms with E-state index in [-0.39, 0.29) is 29.8 Å². The van der Waals surface area contributed by atoms with Crippen LogP contribution in [0.5, 0.6) is 0 Å². The average Bonchev–Trinajstić information content (AvgIpc) is 3.32. The van der Waals surface area contributed by atoms with Crippen molar-refractivity contribution in [2.45, 2.75) is 31.8 Å². The van der Waals surface area contributed by atoms with Crippen LogP contribution < -0.4 is 25.6 Å². The minimum absolute atomic E-state index is 0.204. The molecule has 4 rings (SSSR count). The Balaban J connectivity index is 1.53. The van der Waals surface area contributed by atoms with Crippen LogP contribution in [0.1, 0.15) is 19.7 Å². The van der Waals surface area contributed by atoms with Crippen molar-refractivity contribution in [1.29, 1.82) is 0 Å². The number of oxime groups is 1. The smallest absolute Gasteiger partial charge is 0.319 e. The lowest BCUT2D eigenvalue weighted by Crippen LogP contribution is -2.71. The maximum absolute atomic E-state index is 13.0. The number of carbonyl (C=O) groups is 3. The Bertz CT molecular complexity index is 1270. The molecular formula is C21H25N9O6S. The summed E-state index contributed by atoms with van der Waals surface area (Å²) in [6.45, 7) is 5.80. The fraction of sp³-hybridized carbons (Fsp3) is 0.429. The number of nitrogen functional groups attached to an aromatic ring is 1. The molecule has 1 fully saturated rings.